The van der Waals surface area contributed by atoms with E-state index in [-0.39, 0.29) is 6.10 Å². The van der Waals surface area contributed by atoms with Crippen LogP contribution in [0.15, 0.2) is 30.3 Å². The Bertz CT molecular complexity index is 641. The number of nitrogens with zero attached hydrogens (tertiary/aromatic N) is 2. The fourth-order valence-corrected chi connectivity index (χ4v) is 5.95. The van der Waals surface area contributed by atoms with Crippen LogP contribution in [0.4, 0.5) is 5.69 Å². The highest BCUT2D eigenvalue weighted by Gasteiger charge is 2.61. The van der Waals surface area contributed by atoms with Gasteiger partial charge < -0.3 is 14.7 Å². The smallest absolute Gasteiger partial charge is 0.0689 e. The number of anilines is 1. The van der Waals surface area contributed by atoms with Crippen molar-refractivity contribution in [3.05, 3.63) is 30.3 Å². The Morgan fingerprint density at radius 1 is 1.11 bits per heavy atom. The molecular formula is C24H38N2O2. The summed E-state index contributed by atoms with van der Waals surface area (Å²) in [6.07, 6.45) is 4.70. The molecule has 1 saturated heterocycles. The first-order valence-corrected chi connectivity index (χ1v) is 11.2. The SMILES string of the molecule is CC1(C)[C@@H]2CC[C@@]1(C)[C@H](OCC[C@H](O)CN1CCN(c3ccccc3)CC1)C2. The molecule has 3 fully saturated rings. The molecule has 1 aromatic rings. The Labute approximate surface area is 170 Å². The molecule has 0 radical (unpaired) electrons. The number of hydrogen-bond acceptors (Lipinski definition) is 4. The van der Waals surface area contributed by atoms with Gasteiger partial charge in [0.2, 0.25) is 0 Å². The van der Waals surface area contributed by atoms with E-state index in [0.29, 0.717) is 23.5 Å². The summed E-state index contributed by atoms with van der Waals surface area (Å²) >= 11 is 0. The van der Waals surface area contributed by atoms with Gasteiger partial charge in [0, 0.05) is 45.0 Å². The second-order valence-electron chi connectivity index (χ2n) is 10.0. The van der Waals surface area contributed by atoms with Crippen molar-refractivity contribution in [3.63, 3.8) is 0 Å². The zero-order chi connectivity index (χ0) is 19.8. The van der Waals surface area contributed by atoms with Crippen LogP contribution < -0.4 is 4.90 Å². The third kappa shape index (κ3) is 3.71. The van der Waals surface area contributed by atoms with Crippen LogP contribution >= 0.6 is 0 Å². The number of aliphatic hydroxyl groups excluding tert-OH is 1. The predicted octanol–water partition coefficient (Wildman–Crippen LogP) is 3.79. The van der Waals surface area contributed by atoms with Gasteiger partial charge in [0.25, 0.3) is 0 Å². The Morgan fingerprint density at radius 3 is 2.43 bits per heavy atom. The molecule has 3 aliphatic rings. The van der Waals surface area contributed by atoms with Crippen LogP contribution in [0.25, 0.3) is 0 Å². The van der Waals surface area contributed by atoms with Gasteiger partial charge in [-0.2, -0.15) is 0 Å². The van der Waals surface area contributed by atoms with Crippen LogP contribution in [-0.4, -0.2) is 61.5 Å². The van der Waals surface area contributed by atoms with Gasteiger partial charge in [-0.25, -0.2) is 0 Å². The van der Waals surface area contributed by atoms with Gasteiger partial charge in [0.15, 0.2) is 0 Å². The summed E-state index contributed by atoms with van der Waals surface area (Å²) in [7, 11) is 0. The first kappa shape index (κ1) is 20.2. The molecule has 4 nitrogen and oxygen atoms in total. The highest BCUT2D eigenvalue weighted by Crippen LogP contribution is 2.66. The molecule has 2 aliphatic carbocycles. The van der Waals surface area contributed by atoms with Crippen LogP contribution in [0, 0.1) is 16.7 Å². The summed E-state index contributed by atoms with van der Waals surface area (Å²) in [6.45, 7) is 12.8. The van der Waals surface area contributed by atoms with Crippen molar-refractivity contribution >= 4 is 5.69 Å². The lowest BCUT2D eigenvalue weighted by Gasteiger charge is -2.39. The van der Waals surface area contributed by atoms with E-state index in [2.05, 4.69) is 60.9 Å². The third-order valence-corrected chi connectivity index (χ3v) is 8.45. The summed E-state index contributed by atoms with van der Waals surface area (Å²) in [4.78, 5) is 4.83. The van der Waals surface area contributed by atoms with Crippen LogP contribution in [0.1, 0.15) is 46.5 Å². The average Bonchev–Trinajstić information content (AvgIpc) is 3.03. The zero-order valence-corrected chi connectivity index (χ0v) is 17.9. The minimum atomic E-state index is -0.289. The lowest BCUT2D eigenvalue weighted by atomic mass is 9.70. The van der Waals surface area contributed by atoms with E-state index in [0.717, 1.165) is 45.1 Å². The summed E-state index contributed by atoms with van der Waals surface area (Å²) in [5.74, 6) is 0.813. The Hall–Kier alpha value is -1.10. The lowest BCUT2D eigenvalue weighted by Crippen LogP contribution is -2.48. The molecule has 2 saturated carbocycles. The number of para-hydroxylation sites is 1. The Morgan fingerprint density at radius 2 is 1.82 bits per heavy atom. The van der Waals surface area contributed by atoms with Crippen molar-refractivity contribution in [1.82, 2.24) is 4.90 Å². The van der Waals surface area contributed by atoms with E-state index in [1.165, 1.54) is 24.9 Å². The lowest BCUT2D eigenvalue weighted by molar-refractivity contribution is -0.0564. The number of rotatable bonds is 7. The fourth-order valence-electron chi connectivity index (χ4n) is 5.95. The van der Waals surface area contributed by atoms with Crippen molar-refractivity contribution in [1.29, 1.82) is 0 Å². The van der Waals surface area contributed by atoms with Crippen molar-refractivity contribution in [2.45, 2.75) is 58.7 Å². The highest BCUT2D eigenvalue weighted by molar-refractivity contribution is 5.46. The Balaban J connectivity index is 1.17. The van der Waals surface area contributed by atoms with Crippen LogP contribution in [0.5, 0.6) is 0 Å². The molecule has 1 N–H and O–H groups in total. The molecule has 0 aromatic heterocycles. The summed E-state index contributed by atoms with van der Waals surface area (Å²) in [6, 6.07) is 10.6. The van der Waals surface area contributed by atoms with E-state index in [1.54, 1.807) is 0 Å². The Kier molecular flexibility index (Phi) is 5.74. The maximum Gasteiger partial charge on any atom is 0.0689 e. The molecule has 1 aliphatic heterocycles. The van der Waals surface area contributed by atoms with E-state index in [1.807, 2.05) is 0 Å². The zero-order valence-electron chi connectivity index (χ0n) is 17.9. The molecule has 156 valence electrons. The maximum absolute atomic E-state index is 10.5. The summed E-state index contributed by atoms with van der Waals surface area (Å²) < 4.78 is 6.32. The summed E-state index contributed by atoms with van der Waals surface area (Å²) in [5, 5.41) is 10.5. The maximum atomic E-state index is 10.5. The predicted molar refractivity (Wildman–Crippen MR) is 115 cm³/mol. The topological polar surface area (TPSA) is 35.9 Å². The van der Waals surface area contributed by atoms with Gasteiger partial charge in [0.05, 0.1) is 12.2 Å². The van der Waals surface area contributed by atoms with Crippen LogP contribution in [-0.2, 0) is 4.74 Å². The van der Waals surface area contributed by atoms with Crippen molar-refractivity contribution in [2.75, 3.05) is 44.2 Å². The highest BCUT2D eigenvalue weighted by atomic mass is 16.5. The minimum Gasteiger partial charge on any atom is -0.392 e. The quantitative estimate of drug-likeness (QED) is 0.773. The van der Waals surface area contributed by atoms with Crippen LogP contribution in [0.2, 0.25) is 0 Å². The first-order valence-electron chi connectivity index (χ1n) is 11.2. The number of hydrogen-bond donors (Lipinski definition) is 1. The first-order chi connectivity index (χ1) is 13.4. The van der Waals surface area contributed by atoms with Crippen molar-refractivity contribution < 1.29 is 9.84 Å². The normalized spacial score (nSPS) is 33.4. The number of aliphatic hydroxyl groups is 1. The number of piperazine rings is 1. The minimum absolute atomic E-state index is 0.289. The van der Waals surface area contributed by atoms with Crippen molar-refractivity contribution in [3.8, 4) is 0 Å². The van der Waals surface area contributed by atoms with Crippen molar-refractivity contribution in [2.24, 2.45) is 16.7 Å². The molecule has 1 aromatic carbocycles. The molecule has 0 spiro atoms. The van der Waals surface area contributed by atoms with E-state index in [9.17, 15) is 5.11 Å². The van der Waals surface area contributed by atoms with Crippen LogP contribution in [0.3, 0.4) is 0 Å². The molecule has 4 rings (SSSR count). The number of ether oxygens (including phenoxy) is 1. The number of β-amino-alcohol motifs (C(OH)–C–C–N with tert-alkyl or cyclic N) is 1. The molecule has 4 heteroatoms. The monoisotopic (exact) mass is 386 g/mol. The van der Waals surface area contributed by atoms with Gasteiger partial charge in [-0.15, -0.1) is 0 Å². The second-order valence-corrected chi connectivity index (χ2v) is 10.0. The van der Waals surface area contributed by atoms with E-state index < -0.39 is 0 Å². The molecule has 0 amide bonds. The molecule has 4 atom stereocenters. The van der Waals surface area contributed by atoms with Gasteiger partial charge in [-0.1, -0.05) is 39.0 Å². The fraction of sp³-hybridized carbons (Fsp3) is 0.750. The van der Waals surface area contributed by atoms with Gasteiger partial charge in [0.1, 0.15) is 0 Å². The molecule has 1 heterocycles. The largest absolute Gasteiger partial charge is 0.392 e. The molecule has 2 bridgehead atoms. The average molecular weight is 387 g/mol. The molecule has 28 heavy (non-hydrogen) atoms. The molecular weight excluding hydrogens is 348 g/mol. The van der Waals surface area contributed by atoms with Gasteiger partial charge >= 0.3 is 0 Å². The number of fused-ring (bicyclic) bond motifs is 2. The number of benzene rings is 1. The van der Waals surface area contributed by atoms with Gasteiger partial charge in [-0.05, 0) is 54.6 Å². The van der Waals surface area contributed by atoms with E-state index >= 15 is 0 Å². The third-order valence-electron chi connectivity index (χ3n) is 8.45. The van der Waals surface area contributed by atoms with E-state index in [4.69, 9.17) is 4.74 Å². The standard InChI is InChI=1S/C24H38N2O2/c1-23(2)19-9-11-24(23,3)22(17-19)28-16-10-21(27)18-25-12-14-26(15-13-25)20-7-5-4-6-8-20/h4-8,19,21-22,27H,9-18H2,1-3H3/t19-,21+,22-,24+/m1/s1. The molecule has 0 unspecified atom stereocenters. The van der Waals surface area contributed by atoms with Gasteiger partial charge in [-0.3, -0.25) is 4.90 Å². The summed E-state index contributed by atoms with van der Waals surface area (Å²) in [5.41, 5.74) is 2.02. The second kappa shape index (κ2) is 7.97.